The second kappa shape index (κ2) is 7.74. The molecule has 0 fully saturated rings. The monoisotopic (exact) mass is 365 g/mol. The van der Waals surface area contributed by atoms with Crippen molar-refractivity contribution in [1.82, 2.24) is 10.3 Å². The number of carbonyl (C=O) groups is 1. The van der Waals surface area contributed by atoms with Gasteiger partial charge in [-0.3, -0.25) is 4.79 Å². The van der Waals surface area contributed by atoms with Crippen LogP contribution in [0.4, 0.5) is 10.1 Å². The number of aromatic nitrogens is 1. The summed E-state index contributed by atoms with van der Waals surface area (Å²) < 4.78 is 14.5. The molecule has 0 spiro atoms. The highest BCUT2D eigenvalue weighted by Gasteiger charge is 2.11. The summed E-state index contributed by atoms with van der Waals surface area (Å²) in [6, 6.07) is 14.4. The van der Waals surface area contributed by atoms with Gasteiger partial charge in [0.2, 0.25) is 0 Å². The highest BCUT2D eigenvalue weighted by atomic mass is 19.1. The average molecular weight is 365 g/mol. The maximum atomic E-state index is 14.5. The first-order valence-corrected chi connectivity index (χ1v) is 9.11. The SMILES string of the molecule is CC(C)NC(=O)c1ccc2nc(-c3ccc(NC(C)C)cc3F)ccc2c1. The molecule has 2 N–H and O–H groups in total. The smallest absolute Gasteiger partial charge is 0.251 e. The van der Waals surface area contributed by atoms with E-state index in [0.717, 1.165) is 16.6 Å². The maximum Gasteiger partial charge on any atom is 0.251 e. The normalized spacial score (nSPS) is 11.2. The minimum Gasteiger partial charge on any atom is -0.383 e. The second-order valence-electron chi connectivity index (χ2n) is 7.23. The number of nitrogens with one attached hydrogen (secondary N) is 2. The molecule has 0 atom stereocenters. The lowest BCUT2D eigenvalue weighted by Crippen LogP contribution is -2.29. The Balaban J connectivity index is 1.92. The van der Waals surface area contributed by atoms with Gasteiger partial charge in [-0.25, -0.2) is 9.37 Å². The fourth-order valence-electron chi connectivity index (χ4n) is 2.91. The van der Waals surface area contributed by atoms with Gasteiger partial charge in [-0.05, 0) is 70.2 Å². The van der Waals surface area contributed by atoms with Crippen LogP contribution in [-0.2, 0) is 0 Å². The third-order valence-corrected chi connectivity index (χ3v) is 4.07. The van der Waals surface area contributed by atoms with Crippen LogP contribution in [0, 0.1) is 5.82 Å². The van der Waals surface area contributed by atoms with Crippen molar-refractivity contribution in [1.29, 1.82) is 0 Å². The van der Waals surface area contributed by atoms with Crippen LogP contribution in [-0.4, -0.2) is 23.0 Å². The first-order valence-electron chi connectivity index (χ1n) is 9.11. The van der Waals surface area contributed by atoms with Gasteiger partial charge in [-0.15, -0.1) is 0 Å². The summed E-state index contributed by atoms with van der Waals surface area (Å²) in [5.41, 5.74) is 3.06. The minimum absolute atomic E-state index is 0.0739. The van der Waals surface area contributed by atoms with E-state index in [1.165, 1.54) is 6.07 Å². The van der Waals surface area contributed by atoms with Crippen molar-refractivity contribution in [2.24, 2.45) is 0 Å². The van der Waals surface area contributed by atoms with Gasteiger partial charge in [0.05, 0.1) is 11.2 Å². The first-order chi connectivity index (χ1) is 12.8. The largest absolute Gasteiger partial charge is 0.383 e. The Kier molecular flexibility index (Phi) is 5.40. The Morgan fingerprint density at radius 2 is 1.74 bits per heavy atom. The van der Waals surface area contributed by atoms with E-state index < -0.39 is 0 Å². The van der Waals surface area contributed by atoms with E-state index in [1.807, 2.05) is 39.8 Å². The van der Waals surface area contributed by atoms with Crippen LogP contribution in [0.25, 0.3) is 22.2 Å². The number of benzene rings is 2. The molecule has 0 aliphatic rings. The van der Waals surface area contributed by atoms with E-state index in [9.17, 15) is 9.18 Å². The molecule has 0 unspecified atom stereocenters. The molecular weight excluding hydrogens is 341 g/mol. The molecule has 0 aliphatic carbocycles. The summed E-state index contributed by atoms with van der Waals surface area (Å²) in [5.74, 6) is -0.435. The molecule has 0 aliphatic heterocycles. The van der Waals surface area contributed by atoms with E-state index in [1.54, 1.807) is 30.3 Å². The van der Waals surface area contributed by atoms with Gasteiger partial charge in [0, 0.05) is 34.3 Å². The van der Waals surface area contributed by atoms with Crippen LogP contribution < -0.4 is 10.6 Å². The number of pyridine rings is 1. The Hall–Kier alpha value is -2.95. The van der Waals surface area contributed by atoms with Crippen molar-refractivity contribution in [3.05, 3.63) is 59.9 Å². The van der Waals surface area contributed by atoms with Crippen LogP contribution in [0.5, 0.6) is 0 Å². The van der Waals surface area contributed by atoms with E-state index in [0.29, 0.717) is 16.8 Å². The summed E-state index contributed by atoms with van der Waals surface area (Å²) in [5, 5.41) is 6.90. The Labute approximate surface area is 158 Å². The quantitative estimate of drug-likeness (QED) is 0.669. The van der Waals surface area contributed by atoms with Crippen LogP contribution in [0.15, 0.2) is 48.5 Å². The highest BCUT2D eigenvalue weighted by molar-refractivity contribution is 5.98. The van der Waals surface area contributed by atoms with Crippen molar-refractivity contribution in [3.8, 4) is 11.3 Å². The van der Waals surface area contributed by atoms with Gasteiger partial charge < -0.3 is 10.6 Å². The molecule has 0 saturated carbocycles. The molecule has 3 rings (SSSR count). The lowest BCUT2D eigenvalue weighted by molar-refractivity contribution is 0.0943. The second-order valence-corrected chi connectivity index (χ2v) is 7.23. The number of halogens is 1. The molecule has 27 heavy (non-hydrogen) atoms. The number of hydrogen-bond acceptors (Lipinski definition) is 3. The third kappa shape index (κ3) is 4.42. The first kappa shape index (κ1) is 18.8. The predicted octanol–water partition coefficient (Wildman–Crippen LogP) is 5.00. The zero-order valence-electron chi connectivity index (χ0n) is 16.0. The summed E-state index contributed by atoms with van der Waals surface area (Å²) in [6.07, 6.45) is 0. The predicted molar refractivity (Wildman–Crippen MR) is 108 cm³/mol. The van der Waals surface area contributed by atoms with Crippen molar-refractivity contribution in [2.45, 2.75) is 39.8 Å². The van der Waals surface area contributed by atoms with Crippen molar-refractivity contribution < 1.29 is 9.18 Å². The van der Waals surface area contributed by atoms with Crippen LogP contribution in [0.1, 0.15) is 38.1 Å². The Morgan fingerprint density at radius 3 is 2.41 bits per heavy atom. The van der Waals surface area contributed by atoms with E-state index in [4.69, 9.17) is 0 Å². The van der Waals surface area contributed by atoms with E-state index >= 15 is 0 Å². The minimum atomic E-state index is -0.319. The number of rotatable bonds is 5. The molecule has 1 heterocycles. The van der Waals surface area contributed by atoms with Gasteiger partial charge in [0.1, 0.15) is 5.82 Å². The molecule has 0 radical (unpaired) electrons. The summed E-state index contributed by atoms with van der Waals surface area (Å²) in [7, 11) is 0. The number of amides is 1. The highest BCUT2D eigenvalue weighted by Crippen LogP contribution is 2.26. The number of fused-ring (bicyclic) bond motifs is 1. The van der Waals surface area contributed by atoms with E-state index in [-0.39, 0.29) is 23.8 Å². The topological polar surface area (TPSA) is 54.0 Å². The van der Waals surface area contributed by atoms with Gasteiger partial charge in [0.15, 0.2) is 0 Å². The molecule has 4 nitrogen and oxygen atoms in total. The molecule has 0 bridgehead atoms. The van der Waals surface area contributed by atoms with Crippen molar-refractivity contribution >= 4 is 22.5 Å². The lowest BCUT2D eigenvalue weighted by atomic mass is 10.1. The van der Waals surface area contributed by atoms with Gasteiger partial charge in [-0.2, -0.15) is 0 Å². The Bertz CT molecular complexity index is 982. The van der Waals surface area contributed by atoms with Gasteiger partial charge >= 0.3 is 0 Å². The van der Waals surface area contributed by atoms with Crippen molar-refractivity contribution in [3.63, 3.8) is 0 Å². The van der Waals surface area contributed by atoms with E-state index in [2.05, 4.69) is 15.6 Å². The number of anilines is 1. The molecule has 1 amide bonds. The summed E-state index contributed by atoms with van der Waals surface area (Å²) in [4.78, 5) is 16.7. The zero-order valence-corrected chi connectivity index (χ0v) is 16.0. The molecule has 5 heteroatoms. The average Bonchev–Trinajstić information content (AvgIpc) is 2.60. The van der Waals surface area contributed by atoms with Gasteiger partial charge in [0.25, 0.3) is 5.91 Å². The zero-order chi connectivity index (χ0) is 19.6. The lowest BCUT2D eigenvalue weighted by Gasteiger charge is -2.12. The standard InChI is InChI=1S/C22H24FN3O/c1-13(2)24-17-7-8-18(19(23)12-17)21-10-5-15-11-16(6-9-20(15)26-21)22(27)25-14(3)4/h5-14,24H,1-4H3,(H,25,27). The molecule has 1 aromatic heterocycles. The maximum absolute atomic E-state index is 14.5. The Morgan fingerprint density at radius 1 is 0.963 bits per heavy atom. The van der Waals surface area contributed by atoms with Crippen molar-refractivity contribution in [2.75, 3.05) is 5.32 Å². The molecule has 3 aromatic rings. The number of nitrogens with zero attached hydrogens (tertiary/aromatic N) is 1. The molecule has 140 valence electrons. The molecular formula is C22H24FN3O. The third-order valence-electron chi connectivity index (χ3n) is 4.07. The fraction of sp³-hybridized carbons (Fsp3) is 0.273. The van der Waals surface area contributed by atoms with Crippen LogP contribution >= 0.6 is 0 Å². The summed E-state index contributed by atoms with van der Waals surface area (Å²) >= 11 is 0. The van der Waals surface area contributed by atoms with Crippen LogP contribution in [0.3, 0.4) is 0 Å². The van der Waals surface area contributed by atoms with Crippen LogP contribution in [0.2, 0.25) is 0 Å². The fourth-order valence-corrected chi connectivity index (χ4v) is 2.91. The molecule has 0 saturated heterocycles. The number of carbonyl (C=O) groups excluding carboxylic acids is 1. The molecule has 2 aromatic carbocycles. The number of hydrogen-bond donors (Lipinski definition) is 2. The summed E-state index contributed by atoms with van der Waals surface area (Å²) in [6.45, 7) is 7.85. The van der Waals surface area contributed by atoms with Gasteiger partial charge in [-0.1, -0.05) is 6.07 Å².